The van der Waals surface area contributed by atoms with Crippen LogP contribution in [0.25, 0.3) is 0 Å². The van der Waals surface area contributed by atoms with Gasteiger partial charge in [0.15, 0.2) is 0 Å². The molecular formula is C13H18N4S. The van der Waals surface area contributed by atoms with E-state index < -0.39 is 0 Å². The number of hydrogen-bond donors (Lipinski definition) is 1. The first-order chi connectivity index (χ1) is 8.83. The first kappa shape index (κ1) is 11.9. The molecule has 0 aromatic carbocycles. The zero-order valence-electron chi connectivity index (χ0n) is 10.6. The molecule has 1 aliphatic rings. The van der Waals surface area contributed by atoms with Gasteiger partial charge in [-0.3, -0.25) is 0 Å². The van der Waals surface area contributed by atoms with E-state index >= 15 is 0 Å². The molecule has 4 nitrogen and oxygen atoms in total. The number of nitrogens with zero attached hydrogens (tertiary/aromatic N) is 3. The summed E-state index contributed by atoms with van der Waals surface area (Å²) in [6.45, 7) is 5.31. The second kappa shape index (κ2) is 5.20. The summed E-state index contributed by atoms with van der Waals surface area (Å²) >= 11 is 1.84. The first-order valence-corrected chi connectivity index (χ1v) is 7.31. The average molecular weight is 262 g/mol. The minimum atomic E-state index is 0.703. The maximum atomic E-state index is 4.12. The monoisotopic (exact) mass is 262 g/mol. The Kier molecular flexibility index (Phi) is 3.43. The van der Waals surface area contributed by atoms with Gasteiger partial charge in [-0.05, 0) is 36.3 Å². The van der Waals surface area contributed by atoms with Crippen molar-refractivity contribution in [3.63, 3.8) is 0 Å². The fourth-order valence-electron chi connectivity index (χ4n) is 2.47. The van der Waals surface area contributed by atoms with Gasteiger partial charge >= 0.3 is 0 Å². The van der Waals surface area contributed by atoms with Crippen LogP contribution in [0.3, 0.4) is 0 Å². The Morgan fingerprint density at radius 3 is 3.33 bits per heavy atom. The molecule has 0 fully saturated rings. The summed E-state index contributed by atoms with van der Waals surface area (Å²) in [6, 6.07) is 2.19. The van der Waals surface area contributed by atoms with Gasteiger partial charge in [0.05, 0.1) is 0 Å². The molecule has 1 atom stereocenters. The predicted molar refractivity (Wildman–Crippen MR) is 72.6 cm³/mol. The summed E-state index contributed by atoms with van der Waals surface area (Å²) in [5.41, 5.74) is 1.40. The molecule has 96 valence electrons. The lowest BCUT2D eigenvalue weighted by atomic mass is 9.99. The molecule has 3 heterocycles. The topological polar surface area (TPSA) is 42.7 Å². The number of aromatic nitrogens is 3. The average Bonchev–Trinajstić information content (AvgIpc) is 2.98. The third-order valence-electron chi connectivity index (χ3n) is 3.61. The van der Waals surface area contributed by atoms with E-state index in [4.69, 9.17) is 0 Å². The molecule has 2 aromatic rings. The Morgan fingerprint density at radius 2 is 2.50 bits per heavy atom. The maximum Gasteiger partial charge on any atom is 0.132 e. The standard InChI is InChI=1S/C13H18N4S/c1-10-4-5-18-12(10)7-14-6-11-2-3-13-16-15-9-17(13)8-11/h4-5,9,11,14H,2-3,6-8H2,1H3/t11-/m0/s1. The largest absolute Gasteiger partial charge is 0.317 e. The van der Waals surface area contributed by atoms with Gasteiger partial charge in [0.25, 0.3) is 0 Å². The van der Waals surface area contributed by atoms with E-state index in [0.717, 1.165) is 31.9 Å². The van der Waals surface area contributed by atoms with Crippen molar-refractivity contribution in [1.82, 2.24) is 20.1 Å². The van der Waals surface area contributed by atoms with E-state index in [0.29, 0.717) is 5.92 Å². The molecule has 0 amide bonds. The lowest BCUT2D eigenvalue weighted by Gasteiger charge is -2.23. The molecule has 18 heavy (non-hydrogen) atoms. The molecule has 0 aliphatic carbocycles. The van der Waals surface area contributed by atoms with E-state index in [1.807, 2.05) is 17.7 Å². The van der Waals surface area contributed by atoms with Crippen molar-refractivity contribution >= 4 is 11.3 Å². The van der Waals surface area contributed by atoms with Crippen LogP contribution in [0, 0.1) is 12.8 Å². The van der Waals surface area contributed by atoms with Crippen LogP contribution in [0.1, 0.15) is 22.7 Å². The number of aryl methyl sites for hydroxylation is 2. The molecule has 3 rings (SSSR count). The van der Waals surface area contributed by atoms with Crippen LogP contribution in [-0.2, 0) is 19.5 Å². The second-order valence-electron chi connectivity index (χ2n) is 4.96. The van der Waals surface area contributed by atoms with Gasteiger partial charge < -0.3 is 9.88 Å². The van der Waals surface area contributed by atoms with Crippen LogP contribution < -0.4 is 5.32 Å². The van der Waals surface area contributed by atoms with Gasteiger partial charge in [0.1, 0.15) is 12.2 Å². The van der Waals surface area contributed by atoms with E-state index in [9.17, 15) is 0 Å². The minimum absolute atomic E-state index is 0.703. The van der Waals surface area contributed by atoms with Crippen molar-refractivity contribution in [3.05, 3.63) is 34.0 Å². The number of rotatable bonds is 4. The van der Waals surface area contributed by atoms with Crippen molar-refractivity contribution < 1.29 is 0 Å². The highest BCUT2D eigenvalue weighted by Gasteiger charge is 2.18. The van der Waals surface area contributed by atoms with Crippen molar-refractivity contribution in [2.75, 3.05) is 6.54 Å². The van der Waals surface area contributed by atoms with Gasteiger partial charge in [-0.15, -0.1) is 21.5 Å². The smallest absolute Gasteiger partial charge is 0.132 e. The number of thiophene rings is 1. The fraction of sp³-hybridized carbons (Fsp3) is 0.538. The molecular weight excluding hydrogens is 244 g/mol. The normalized spacial score (nSPS) is 18.8. The molecule has 0 saturated heterocycles. The highest BCUT2D eigenvalue weighted by molar-refractivity contribution is 7.10. The summed E-state index contributed by atoms with van der Waals surface area (Å²) in [6.07, 6.45) is 4.13. The molecule has 0 saturated carbocycles. The van der Waals surface area contributed by atoms with Crippen LogP contribution in [0.5, 0.6) is 0 Å². The van der Waals surface area contributed by atoms with Crippen LogP contribution in [0.4, 0.5) is 0 Å². The zero-order chi connectivity index (χ0) is 12.4. The number of fused-ring (bicyclic) bond motifs is 1. The van der Waals surface area contributed by atoms with E-state index in [1.54, 1.807) is 0 Å². The van der Waals surface area contributed by atoms with Gasteiger partial charge in [-0.25, -0.2) is 0 Å². The Labute approximate surface area is 111 Å². The Hall–Kier alpha value is -1.20. The van der Waals surface area contributed by atoms with Gasteiger partial charge in [-0.1, -0.05) is 0 Å². The molecule has 0 bridgehead atoms. The Bertz CT molecular complexity index is 517. The van der Waals surface area contributed by atoms with Crippen molar-refractivity contribution in [1.29, 1.82) is 0 Å². The molecule has 0 radical (unpaired) electrons. The quantitative estimate of drug-likeness (QED) is 0.916. The molecule has 2 aromatic heterocycles. The highest BCUT2D eigenvalue weighted by Crippen LogP contribution is 2.18. The third-order valence-corrected chi connectivity index (χ3v) is 4.64. The van der Waals surface area contributed by atoms with Crippen LogP contribution in [0.15, 0.2) is 17.8 Å². The van der Waals surface area contributed by atoms with E-state index in [1.165, 1.54) is 16.9 Å². The Morgan fingerprint density at radius 1 is 1.56 bits per heavy atom. The molecule has 1 aliphatic heterocycles. The zero-order valence-corrected chi connectivity index (χ0v) is 11.4. The molecule has 5 heteroatoms. The second-order valence-corrected chi connectivity index (χ2v) is 5.96. The first-order valence-electron chi connectivity index (χ1n) is 6.43. The molecule has 1 N–H and O–H groups in total. The van der Waals surface area contributed by atoms with Gasteiger partial charge in [-0.2, -0.15) is 0 Å². The number of hydrogen-bond acceptors (Lipinski definition) is 4. The summed E-state index contributed by atoms with van der Waals surface area (Å²) < 4.78 is 2.19. The third kappa shape index (κ3) is 2.47. The predicted octanol–water partition coefficient (Wildman–Crippen LogP) is 2.00. The van der Waals surface area contributed by atoms with Gasteiger partial charge in [0, 0.05) is 30.9 Å². The van der Waals surface area contributed by atoms with Crippen LogP contribution >= 0.6 is 11.3 Å². The highest BCUT2D eigenvalue weighted by atomic mass is 32.1. The van der Waals surface area contributed by atoms with Crippen molar-refractivity contribution in [2.24, 2.45) is 5.92 Å². The summed E-state index contributed by atoms with van der Waals surface area (Å²) in [5, 5.41) is 13.8. The lowest BCUT2D eigenvalue weighted by Crippen LogP contribution is -2.29. The summed E-state index contributed by atoms with van der Waals surface area (Å²) in [4.78, 5) is 1.45. The van der Waals surface area contributed by atoms with Crippen LogP contribution in [-0.4, -0.2) is 21.3 Å². The van der Waals surface area contributed by atoms with Crippen molar-refractivity contribution in [3.8, 4) is 0 Å². The number of nitrogens with one attached hydrogen (secondary N) is 1. The maximum absolute atomic E-state index is 4.12. The van der Waals surface area contributed by atoms with Crippen molar-refractivity contribution in [2.45, 2.75) is 32.9 Å². The fourth-order valence-corrected chi connectivity index (χ4v) is 3.35. The minimum Gasteiger partial charge on any atom is -0.317 e. The molecule has 0 spiro atoms. The summed E-state index contributed by atoms with van der Waals surface area (Å²) in [5.74, 6) is 1.84. The molecule has 0 unspecified atom stereocenters. The summed E-state index contributed by atoms with van der Waals surface area (Å²) in [7, 11) is 0. The van der Waals surface area contributed by atoms with E-state index in [-0.39, 0.29) is 0 Å². The SMILES string of the molecule is Cc1ccsc1CNC[C@@H]1CCc2nncn2C1. The lowest BCUT2D eigenvalue weighted by molar-refractivity contribution is 0.348. The van der Waals surface area contributed by atoms with Crippen LogP contribution in [0.2, 0.25) is 0 Å². The van der Waals surface area contributed by atoms with Gasteiger partial charge in [0.2, 0.25) is 0 Å². The van der Waals surface area contributed by atoms with E-state index in [2.05, 4.69) is 38.5 Å². The Balaban J connectivity index is 1.49.